The first-order valence-electron chi connectivity index (χ1n) is 1.95. The molecule has 0 aliphatic carbocycles. The minimum atomic E-state index is -4.64. The van der Waals surface area contributed by atoms with Crippen LogP contribution in [0.25, 0.3) is 0 Å². The van der Waals surface area contributed by atoms with Gasteiger partial charge in [0.05, 0.1) is 6.26 Å². The summed E-state index contributed by atoms with van der Waals surface area (Å²) in [7, 11) is -4.64. The zero-order valence-corrected chi connectivity index (χ0v) is 5.69. The van der Waals surface area contributed by atoms with Gasteiger partial charge in [-0.05, 0) is 6.92 Å². The third kappa shape index (κ3) is 578. The summed E-state index contributed by atoms with van der Waals surface area (Å²) in [6.45, 7) is 1.75. The highest BCUT2D eigenvalue weighted by Gasteiger charge is 2.00. The van der Waals surface area contributed by atoms with Crippen molar-refractivity contribution in [3.8, 4) is 0 Å². The van der Waals surface area contributed by atoms with Crippen molar-refractivity contribution in [1.82, 2.24) is 0 Å². The minimum absolute atomic E-state index is 1.00. The van der Waals surface area contributed by atoms with Crippen LogP contribution in [0.1, 0.15) is 6.92 Å². The number of aliphatic hydroxyl groups excluding tert-OH is 1. The van der Waals surface area contributed by atoms with Crippen LogP contribution in [0.15, 0.2) is 12.3 Å². The lowest BCUT2D eigenvalue weighted by molar-refractivity contribution is 0.275. The van der Waals surface area contributed by atoms with Crippen LogP contribution in [-0.2, 0) is 4.57 Å². The summed E-state index contributed by atoms with van der Waals surface area (Å²) in [5.74, 6) is 0. The van der Waals surface area contributed by atoms with E-state index < -0.39 is 7.82 Å². The van der Waals surface area contributed by atoms with Gasteiger partial charge < -0.3 is 19.8 Å². The first-order valence-corrected chi connectivity index (χ1v) is 3.52. The van der Waals surface area contributed by atoms with Gasteiger partial charge in [-0.25, -0.2) is 4.57 Å². The molecule has 0 heterocycles. The Balaban J connectivity index is 0. The zero-order chi connectivity index (χ0) is 7.91. The smallest absolute Gasteiger partial charge is 0.466 e. The molecule has 0 bridgehead atoms. The minimum Gasteiger partial charge on any atom is -0.516 e. The highest BCUT2D eigenvalue weighted by molar-refractivity contribution is 7.45. The molecule has 0 unspecified atom stereocenters. The summed E-state index contributed by atoms with van der Waals surface area (Å²) in [5, 5.41) is 7.69. The van der Waals surface area contributed by atoms with Gasteiger partial charge in [0.2, 0.25) is 0 Å². The molecule has 5 nitrogen and oxygen atoms in total. The standard InChI is InChI=1S/C3H6O.H3O4P/c1-2-3-4;1-5(2,3)4/h2-4H,1H3;(H3,1,2,3,4). The molecule has 0 saturated carbocycles. The van der Waals surface area contributed by atoms with Crippen molar-refractivity contribution < 1.29 is 24.4 Å². The van der Waals surface area contributed by atoms with Crippen LogP contribution >= 0.6 is 7.82 Å². The van der Waals surface area contributed by atoms with Crippen LogP contribution < -0.4 is 0 Å². The summed E-state index contributed by atoms with van der Waals surface area (Å²) >= 11 is 0. The molecule has 9 heavy (non-hydrogen) atoms. The highest BCUT2D eigenvalue weighted by atomic mass is 31.2. The SMILES string of the molecule is CC=CO.O=P(O)(O)O. The lowest BCUT2D eigenvalue weighted by Crippen LogP contribution is -1.66. The highest BCUT2D eigenvalue weighted by Crippen LogP contribution is 2.25. The second-order valence-electron chi connectivity index (χ2n) is 0.996. The number of rotatable bonds is 0. The summed E-state index contributed by atoms with van der Waals surface area (Å²) in [5.41, 5.74) is 0. The molecular formula is C3H9O5P. The molecule has 0 rings (SSSR count). The van der Waals surface area contributed by atoms with E-state index in [-0.39, 0.29) is 0 Å². The van der Waals surface area contributed by atoms with Gasteiger partial charge in [-0.15, -0.1) is 0 Å². The van der Waals surface area contributed by atoms with Gasteiger partial charge in [0.25, 0.3) is 0 Å². The summed E-state index contributed by atoms with van der Waals surface area (Å²) in [6, 6.07) is 0. The van der Waals surface area contributed by atoms with E-state index >= 15 is 0 Å². The molecule has 0 aromatic carbocycles. The van der Waals surface area contributed by atoms with E-state index in [1.807, 2.05) is 0 Å². The van der Waals surface area contributed by atoms with E-state index in [2.05, 4.69) is 0 Å². The topological polar surface area (TPSA) is 98.0 Å². The molecule has 0 aromatic rings. The quantitative estimate of drug-likeness (QED) is 0.295. The molecule has 56 valence electrons. The maximum absolute atomic E-state index is 8.88. The average Bonchev–Trinajstić information content (AvgIpc) is 1.61. The van der Waals surface area contributed by atoms with Crippen LogP contribution in [0.3, 0.4) is 0 Å². The Hall–Kier alpha value is -0.350. The van der Waals surface area contributed by atoms with Gasteiger partial charge >= 0.3 is 7.82 Å². The molecule has 0 amide bonds. The Morgan fingerprint density at radius 1 is 1.33 bits per heavy atom. The first-order chi connectivity index (χ1) is 3.91. The number of allylic oxidation sites excluding steroid dienone is 1. The third-order valence-electron chi connectivity index (χ3n) is 0.149. The van der Waals surface area contributed by atoms with Crippen LogP contribution in [0, 0.1) is 0 Å². The lowest BCUT2D eigenvalue weighted by atomic mass is 10.8. The van der Waals surface area contributed by atoms with Crippen molar-refractivity contribution in [3.63, 3.8) is 0 Å². The maximum Gasteiger partial charge on any atom is 0.466 e. The molecular weight excluding hydrogens is 147 g/mol. The van der Waals surface area contributed by atoms with Crippen molar-refractivity contribution in [2.75, 3.05) is 0 Å². The van der Waals surface area contributed by atoms with E-state index in [0.29, 0.717) is 0 Å². The molecule has 4 N–H and O–H groups in total. The third-order valence-corrected chi connectivity index (χ3v) is 0.149. The lowest BCUT2D eigenvalue weighted by Gasteiger charge is -1.82. The largest absolute Gasteiger partial charge is 0.516 e. The molecule has 0 aliphatic heterocycles. The van der Waals surface area contributed by atoms with Crippen LogP contribution in [0.2, 0.25) is 0 Å². The van der Waals surface area contributed by atoms with E-state index in [0.717, 1.165) is 6.26 Å². The number of aliphatic hydroxyl groups is 1. The Morgan fingerprint density at radius 2 is 1.44 bits per heavy atom. The van der Waals surface area contributed by atoms with Crippen LogP contribution in [0.4, 0.5) is 0 Å². The summed E-state index contributed by atoms with van der Waals surface area (Å²) in [4.78, 5) is 21.6. The molecule has 0 spiro atoms. The number of hydrogen-bond donors (Lipinski definition) is 4. The van der Waals surface area contributed by atoms with E-state index in [4.69, 9.17) is 24.4 Å². The van der Waals surface area contributed by atoms with Crippen LogP contribution in [-0.4, -0.2) is 19.8 Å². The zero-order valence-electron chi connectivity index (χ0n) is 4.80. The second-order valence-corrected chi connectivity index (χ2v) is 2.02. The predicted octanol–water partition coefficient (Wildman–Crippen LogP) is 0.149. The van der Waals surface area contributed by atoms with Crippen molar-refractivity contribution in [3.05, 3.63) is 12.3 Å². The fourth-order valence-electron chi connectivity index (χ4n) is 0. The van der Waals surface area contributed by atoms with E-state index in [9.17, 15) is 0 Å². The molecule has 6 heteroatoms. The molecule has 0 radical (unpaired) electrons. The fourth-order valence-corrected chi connectivity index (χ4v) is 0. The predicted molar refractivity (Wildman–Crippen MR) is 31.7 cm³/mol. The second kappa shape index (κ2) is 5.78. The number of phosphoric acid groups is 1. The maximum atomic E-state index is 8.88. The van der Waals surface area contributed by atoms with Gasteiger partial charge in [-0.3, -0.25) is 0 Å². The summed E-state index contributed by atoms with van der Waals surface area (Å²) in [6.07, 6.45) is 2.56. The molecule has 0 aliphatic rings. The first kappa shape index (κ1) is 11.4. The average molecular weight is 156 g/mol. The Kier molecular flexibility index (Phi) is 7.35. The van der Waals surface area contributed by atoms with Crippen LogP contribution in [0.5, 0.6) is 0 Å². The van der Waals surface area contributed by atoms with E-state index in [1.165, 1.54) is 0 Å². The van der Waals surface area contributed by atoms with Crippen molar-refractivity contribution in [2.24, 2.45) is 0 Å². The van der Waals surface area contributed by atoms with Gasteiger partial charge in [-0.2, -0.15) is 0 Å². The van der Waals surface area contributed by atoms with Crippen molar-refractivity contribution in [2.45, 2.75) is 6.92 Å². The van der Waals surface area contributed by atoms with Gasteiger partial charge in [0.1, 0.15) is 0 Å². The molecule has 0 aromatic heterocycles. The normalized spacial score (nSPS) is 10.7. The van der Waals surface area contributed by atoms with E-state index in [1.54, 1.807) is 13.0 Å². The van der Waals surface area contributed by atoms with Gasteiger partial charge in [-0.1, -0.05) is 6.08 Å². The Labute approximate surface area is 52.5 Å². The Morgan fingerprint density at radius 3 is 1.44 bits per heavy atom. The summed E-state index contributed by atoms with van der Waals surface area (Å²) < 4.78 is 8.88. The van der Waals surface area contributed by atoms with Crippen molar-refractivity contribution in [1.29, 1.82) is 0 Å². The molecule has 0 atom stereocenters. The number of hydrogen-bond acceptors (Lipinski definition) is 2. The molecule has 0 fully saturated rings. The fraction of sp³-hybridized carbons (Fsp3) is 0.333. The molecule has 0 saturated heterocycles. The Bertz CT molecular complexity index is 101. The van der Waals surface area contributed by atoms with Crippen molar-refractivity contribution >= 4 is 7.82 Å². The monoisotopic (exact) mass is 156 g/mol. The van der Waals surface area contributed by atoms with Gasteiger partial charge in [0, 0.05) is 0 Å². The van der Waals surface area contributed by atoms with Gasteiger partial charge in [0.15, 0.2) is 0 Å².